The fraction of sp³-hybridized carbons (Fsp3) is 0.357. The lowest BCUT2D eigenvalue weighted by molar-refractivity contribution is -0.147. The van der Waals surface area contributed by atoms with E-state index < -0.39 is 17.9 Å². The van der Waals surface area contributed by atoms with E-state index in [1.165, 1.54) is 23.0 Å². The van der Waals surface area contributed by atoms with Gasteiger partial charge in [-0.1, -0.05) is 0 Å². The maximum Gasteiger partial charge on any atom is 0.328 e. The molecule has 1 unspecified atom stereocenters. The topological polar surface area (TPSA) is 120 Å². The van der Waals surface area contributed by atoms with E-state index in [1.54, 1.807) is 18.2 Å². The van der Waals surface area contributed by atoms with E-state index in [-0.39, 0.29) is 13.2 Å². The van der Waals surface area contributed by atoms with Gasteiger partial charge in [0.1, 0.15) is 17.8 Å². The fourth-order valence-electron chi connectivity index (χ4n) is 2.49. The Balaban J connectivity index is 1.95. The standard InChI is InChI=1S/C14H15N5O5/c1-23-12-3-2-9(6-10(12)19-8-15-16-17-19)13(20)18-4-5-24-7-11(18)14(21)22/h2-3,6,8,11H,4-5,7H2,1H3,(H,21,22). The second-order valence-electron chi connectivity index (χ2n) is 5.07. The molecular formula is C14H15N5O5. The van der Waals surface area contributed by atoms with Gasteiger partial charge in [0.25, 0.3) is 5.91 Å². The Kier molecular flexibility index (Phi) is 4.38. The van der Waals surface area contributed by atoms with Crippen molar-refractivity contribution in [2.75, 3.05) is 26.9 Å². The van der Waals surface area contributed by atoms with Crippen LogP contribution in [-0.2, 0) is 9.53 Å². The van der Waals surface area contributed by atoms with Crippen LogP contribution in [0.25, 0.3) is 5.69 Å². The van der Waals surface area contributed by atoms with Crippen LogP contribution in [0.1, 0.15) is 10.4 Å². The number of tetrazole rings is 1. The second kappa shape index (κ2) is 6.62. The van der Waals surface area contributed by atoms with E-state index in [1.807, 2.05) is 0 Å². The monoisotopic (exact) mass is 333 g/mol. The van der Waals surface area contributed by atoms with Crippen molar-refractivity contribution in [2.45, 2.75) is 6.04 Å². The summed E-state index contributed by atoms with van der Waals surface area (Å²) in [7, 11) is 1.49. The molecule has 1 aromatic carbocycles. The lowest BCUT2D eigenvalue weighted by Crippen LogP contribution is -2.52. The molecule has 1 aliphatic heterocycles. The Bertz CT molecular complexity index is 748. The van der Waals surface area contributed by atoms with Crippen LogP contribution < -0.4 is 4.74 Å². The molecule has 1 aromatic heterocycles. The van der Waals surface area contributed by atoms with Crippen LogP contribution in [0.15, 0.2) is 24.5 Å². The predicted molar refractivity (Wildman–Crippen MR) is 79.0 cm³/mol. The van der Waals surface area contributed by atoms with Crippen molar-refractivity contribution in [1.29, 1.82) is 0 Å². The molecule has 24 heavy (non-hydrogen) atoms. The van der Waals surface area contributed by atoms with Crippen LogP contribution in [-0.4, -0.2) is 75.0 Å². The van der Waals surface area contributed by atoms with Gasteiger partial charge in [0.2, 0.25) is 0 Å². The molecule has 10 heteroatoms. The zero-order chi connectivity index (χ0) is 17.1. The molecule has 0 bridgehead atoms. The molecule has 10 nitrogen and oxygen atoms in total. The van der Waals surface area contributed by atoms with Gasteiger partial charge < -0.3 is 19.5 Å². The van der Waals surface area contributed by atoms with Crippen molar-refractivity contribution in [3.63, 3.8) is 0 Å². The zero-order valence-corrected chi connectivity index (χ0v) is 12.8. The number of rotatable bonds is 4. The highest BCUT2D eigenvalue weighted by molar-refractivity contribution is 5.97. The summed E-state index contributed by atoms with van der Waals surface area (Å²) in [6, 6.07) is 3.74. The minimum atomic E-state index is -1.10. The van der Waals surface area contributed by atoms with E-state index in [0.717, 1.165) is 0 Å². The Morgan fingerprint density at radius 3 is 2.92 bits per heavy atom. The number of carboxylic acid groups (broad SMARTS) is 1. The molecule has 0 spiro atoms. The molecule has 2 aromatic rings. The van der Waals surface area contributed by atoms with Crippen molar-refractivity contribution in [2.24, 2.45) is 0 Å². The summed E-state index contributed by atoms with van der Waals surface area (Å²) >= 11 is 0. The summed E-state index contributed by atoms with van der Waals surface area (Å²) < 4.78 is 11.8. The third kappa shape index (κ3) is 2.91. The van der Waals surface area contributed by atoms with Crippen molar-refractivity contribution in [3.05, 3.63) is 30.1 Å². The first kappa shape index (κ1) is 15.9. The van der Waals surface area contributed by atoms with Gasteiger partial charge in [-0.25, -0.2) is 4.79 Å². The number of amides is 1. The number of morpholine rings is 1. The molecule has 3 rings (SSSR count). The molecule has 1 fully saturated rings. The van der Waals surface area contributed by atoms with E-state index in [0.29, 0.717) is 23.6 Å². The van der Waals surface area contributed by atoms with Crippen molar-refractivity contribution >= 4 is 11.9 Å². The van der Waals surface area contributed by atoms with E-state index in [9.17, 15) is 14.7 Å². The lowest BCUT2D eigenvalue weighted by Gasteiger charge is -2.33. The van der Waals surface area contributed by atoms with Crippen LogP contribution in [0.3, 0.4) is 0 Å². The van der Waals surface area contributed by atoms with Gasteiger partial charge in [0, 0.05) is 12.1 Å². The number of hydrogen-bond donors (Lipinski definition) is 1. The van der Waals surface area contributed by atoms with Gasteiger partial charge in [-0.3, -0.25) is 4.79 Å². The third-order valence-corrected chi connectivity index (χ3v) is 3.70. The zero-order valence-electron chi connectivity index (χ0n) is 12.8. The first-order valence-electron chi connectivity index (χ1n) is 7.14. The van der Waals surface area contributed by atoms with Gasteiger partial charge in [0.05, 0.1) is 20.3 Å². The number of carboxylic acids is 1. The number of aromatic nitrogens is 4. The largest absolute Gasteiger partial charge is 0.494 e. The van der Waals surface area contributed by atoms with Gasteiger partial charge in [0.15, 0.2) is 6.04 Å². The summed E-state index contributed by atoms with van der Waals surface area (Å²) in [6.45, 7) is 0.477. The van der Waals surface area contributed by atoms with Gasteiger partial charge in [-0.15, -0.1) is 5.10 Å². The highest BCUT2D eigenvalue weighted by Crippen LogP contribution is 2.24. The average molecular weight is 333 g/mol. The number of methoxy groups -OCH3 is 1. The van der Waals surface area contributed by atoms with Crippen molar-refractivity contribution in [3.8, 4) is 11.4 Å². The number of benzene rings is 1. The van der Waals surface area contributed by atoms with E-state index in [4.69, 9.17) is 9.47 Å². The number of carbonyl (C=O) groups is 2. The average Bonchev–Trinajstić information content (AvgIpc) is 3.15. The Morgan fingerprint density at radius 1 is 1.42 bits per heavy atom. The molecule has 2 heterocycles. The van der Waals surface area contributed by atoms with Gasteiger partial charge in [-0.2, -0.15) is 4.68 Å². The van der Waals surface area contributed by atoms with Crippen molar-refractivity contribution < 1.29 is 24.2 Å². The molecule has 1 aliphatic rings. The summed E-state index contributed by atoms with van der Waals surface area (Å²) in [4.78, 5) is 25.4. The first-order valence-corrected chi connectivity index (χ1v) is 7.14. The van der Waals surface area contributed by atoms with Crippen LogP contribution in [0, 0.1) is 0 Å². The molecule has 0 aliphatic carbocycles. The molecule has 1 atom stereocenters. The molecule has 1 N–H and O–H groups in total. The predicted octanol–water partition coefficient (Wildman–Crippen LogP) is -0.403. The Hall–Kier alpha value is -3.01. The van der Waals surface area contributed by atoms with E-state index in [2.05, 4.69) is 15.5 Å². The molecule has 126 valence electrons. The number of ether oxygens (including phenoxy) is 2. The van der Waals surface area contributed by atoms with Crippen LogP contribution in [0.4, 0.5) is 0 Å². The highest BCUT2D eigenvalue weighted by Gasteiger charge is 2.33. The number of hydrogen-bond acceptors (Lipinski definition) is 7. The normalized spacial score (nSPS) is 17.5. The lowest BCUT2D eigenvalue weighted by atomic mass is 10.1. The molecule has 0 radical (unpaired) electrons. The first-order chi connectivity index (χ1) is 11.6. The summed E-state index contributed by atoms with van der Waals surface area (Å²) in [5.74, 6) is -1.02. The maximum atomic E-state index is 12.7. The third-order valence-electron chi connectivity index (χ3n) is 3.70. The minimum absolute atomic E-state index is 0.0307. The minimum Gasteiger partial charge on any atom is -0.494 e. The van der Waals surface area contributed by atoms with Gasteiger partial charge in [-0.05, 0) is 28.6 Å². The molecule has 0 saturated carbocycles. The summed E-state index contributed by atoms with van der Waals surface area (Å²) in [5, 5.41) is 20.2. The Labute approximate surface area is 136 Å². The maximum absolute atomic E-state index is 12.7. The van der Waals surface area contributed by atoms with Crippen LogP contribution in [0.5, 0.6) is 5.75 Å². The number of carbonyl (C=O) groups excluding carboxylic acids is 1. The quantitative estimate of drug-likeness (QED) is 0.802. The number of nitrogens with zero attached hydrogens (tertiary/aromatic N) is 5. The summed E-state index contributed by atoms with van der Waals surface area (Å²) in [5.41, 5.74) is 0.794. The van der Waals surface area contributed by atoms with E-state index >= 15 is 0 Å². The number of aliphatic carboxylic acids is 1. The second-order valence-corrected chi connectivity index (χ2v) is 5.07. The SMILES string of the molecule is COc1ccc(C(=O)N2CCOCC2C(=O)O)cc1-n1cnnn1. The summed E-state index contributed by atoms with van der Waals surface area (Å²) in [6.07, 6.45) is 1.38. The molecule has 1 amide bonds. The Morgan fingerprint density at radius 2 is 2.25 bits per heavy atom. The van der Waals surface area contributed by atoms with Crippen LogP contribution >= 0.6 is 0 Å². The highest BCUT2D eigenvalue weighted by atomic mass is 16.5. The smallest absolute Gasteiger partial charge is 0.328 e. The molecule has 1 saturated heterocycles. The van der Waals surface area contributed by atoms with Crippen molar-refractivity contribution in [1.82, 2.24) is 25.1 Å². The van der Waals surface area contributed by atoms with Gasteiger partial charge >= 0.3 is 5.97 Å². The molecular weight excluding hydrogens is 318 g/mol. The fourth-order valence-corrected chi connectivity index (χ4v) is 2.49. The van der Waals surface area contributed by atoms with Crippen LogP contribution in [0.2, 0.25) is 0 Å².